The molecule has 1 atom stereocenters. The summed E-state index contributed by atoms with van der Waals surface area (Å²) >= 11 is 0. The predicted molar refractivity (Wildman–Crippen MR) is 80.9 cm³/mol. The van der Waals surface area contributed by atoms with Crippen molar-refractivity contribution >= 4 is 16.0 Å². The van der Waals surface area contributed by atoms with Crippen LogP contribution < -0.4 is 0 Å². The lowest BCUT2D eigenvalue weighted by atomic mass is 9.95. The monoisotopic (exact) mass is 341 g/mol. The first kappa shape index (κ1) is 16.4. The summed E-state index contributed by atoms with van der Waals surface area (Å²) in [5.41, 5.74) is -0.506. The van der Waals surface area contributed by atoms with E-state index in [-0.39, 0.29) is 23.5 Å². The molecule has 2 aliphatic heterocycles. The van der Waals surface area contributed by atoms with Crippen molar-refractivity contribution in [3.63, 3.8) is 0 Å². The van der Waals surface area contributed by atoms with E-state index in [1.165, 1.54) is 28.6 Å². The van der Waals surface area contributed by atoms with Crippen LogP contribution in [-0.2, 0) is 19.5 Å². The zero-order chi connectivity index (χ0) is 16.5. The third-order valence-electron chi connectivity index (χ3n) is 4.24. The number of morpholine rings is 1. The lowest BCUT2D eigenvalue weighted by molar-refractivity contribution is -0.155. The first-order chi connectivity index (χ1) is 10.9. The molecule has 7 nitrogen and oxygen atoms in total. The van der Waals surface area contributed by atoms with Gasteiger partial charge < -0.3 is 14.6 Å². The summed E-state index contributed by atoms with van der Waals surface area (Å²) in [6.45, 7) is 1.95. The summed E-state index contributed by atoms with van der Waals surface area (Å²) in [5, 5.41) is 8.90. The smallest absolute Gasteiger partial charge is 0.335 e. The summed E-state index contributed by atoms with van der Waals surface area (Å²) in [4.78, 5) is 11.0. The van der Waals surface area contributed by atoms with Crippen molar-refractivity contribution in [3.05, 3.63) is 29.8 Å². The van der Waals surface area contributed by atoms with E-state index in [2.05, 4.69) is 0 Å². The van der Waals surface area contributed by atoms with Gasteiger partial charge in [0.1, 0.15) is 5.60 Å². The molecule has 1 N–H and O–H groups in total. The van der Waals surface area contributed by atoms with Crippen LogP contribution in [0.1, 0.15) is 23.2 Å². The number of nitrogens with zero attached hydrogens (tertiary/aromatic N) is 1. The number of carboxylic acids is 1. The van der Waals surface area contributed by atoms with Gasteiger partial charge in [-0.05, 0) is 37.1 Å². The number of benzene rings is 1. The number of hydrogen-bond acceptors (Lipinski definition) is 5. The number of carboxylic acid groups (broad SMARTS) is 1. The van der Waals surface area contributed by atoms with Crippen LogP contribution in [0.2, 0.25) is 0 Å². The molecule has 8 heteroatoms. The highest BCUT2D eigenvalue weighted by Crippen LogP contribution is 2.30. The van der Waals surface area contributed by atoms with Crippen LogP contribution in [0, 0.1) is 0 Å². The van der Waals surface area contributed by atoms with Crippen molar-refractivity contribution in [1.82, 2.24) is 4.31 Å². The Hall–Kier alpha value is -1.48. The van der Waals surface area contributed by atoms with Crippen LogP contribution in [0.3, 0.4) is 0 Å². The molecule has 0 aliphatic carbocycles. The van der Waals surface area contributed by atoms with Gasteiger partial charge in [-0.2, -0.15) is 4.31 Å². The van der Waals surface area contributed by atoms with E-state index in [1.54, 1.807) is 0 Å². The zero-order valence-electron chi connectivity index (χ0n) is 12.6. The maximum atomic E-state index is 12.8. The summed E-state index contributed by atoms with van der Waals surface area (Å²) in [6.07, 6.45) is 1.62. The van der Waals surface area contributed by atoms with Gasteiger partial charge in [0.05, 0.1) is 23.7 Å². The van der Waals surface area contributed by atoms with Gasteiger partial charge in [0.25, 0.3) is 0 Å². The standard InChI is InChI=1S/C15H19NO6S/c17-14(18)12-2-4-13(5-3-12)23(19,20)16-7-9-22-15(10-16)6-1-8-21-11-15/h2-5H,1,6-11H2,(H,17,18). The van der Waals surface area contributed by atoms with E-state index >= 15 is 0 Å². The minimum Gasteiger partial charge on any atom is -0.478 e. The largest absolute Gasteiger partial charge is 0.478 e. The zero-order valence-corrected chi connectivity index (χ0v) is 13.4. The van der Waals surface area contributed by atoms with Crippen LogP contribution in [0.15, 0.2) is 29.2 Å². The van der Waals surface area contributed by atoms with Crippen LogP contribution in [0.5, 0.6) is 0 Å². The Morgan fingerprint density at radius 3 is 2.57 bits per heavy atom. The van der Waals surface area contributed by atoms with Crippen molar-refractivity contribution in [2.24, 2.45) is 0 Å². The molecule has 1 aromatic rings. The molecule has 1 aromatic carbocycles. The molecule has 2 fully saturated rings. The molecule has 2 heterocycles. The molecule has 1 unspecified atom stereocenters. The lowest BCUT2D eigenvalue weighted by Gasteiger charge is -2.43. The van der Waals surface area contributed by atoms with E-state index < -0.39 is 21.6 Å². The van der Waals surface area contributed by atoms with Crippen molar-refractivity contribution < 1.29 is 27.8 Å². The second kappa shape index (κ2) is 6.20. The molecule has 0 bridgehead atoms. The number of carbonyl (C=O) groups is 1. The summed E-state index contributed by atoms with van der Waals surface area (Å²) in [7, 11) is -3.68. The highest BCUT2D eigenvalue weighted by molar-refractivity contribution is 7.89. The first-order valence-corrected chi connectivity index (χ1v) is 8.92. The van der Waals surface area contributed by atoms with Crippen LogP contribution >= 0.6 is 0 Å². The fraction of sp³-hybridized carbons (Fsp3) is 0.533. The Morgan fingerprint density at radius 2 is 1.96 bits per heavy atom. The maximum absolute atomic E-state index is 12.8. The Balaban J connectivity index is 1.82. The Morgan fingerprint density at radius 1 is 1.22 bits per heavy atom. The van der Waals surface area contributed by atoms with E-state index in [0.29, 0.717) is 19.8 Å². The number of ether oxygens (including phenoxy) is 2. The van der Waals surface area contributed by atoms with Gasteiger partial charge in [-0.1, -0.05) is 0 Å². The van der Waals surface area contributed by atoms with Gasteiger partial charge >= 0.3 is 5.97 Å². The second-order valence-electron chi connectivity index (χ2n) is 5.86. The molecular weight excluding hydrogens is 322 g/mol. The lowest BCUT2D eigenvalue weighted by Crippen LogP contribution is -2.57. The van der Waals surface area contributed by atoms with Gasteiger partial charge in [0.2, 0.25) is 10.0 Å². The molecule has 23 heavy (non-hydrogen) atoms. The second-order valence-corrected chi connectivity index (χ2v) is 7.79. The Kier molecular flexibility index (Phi) is 4.41. The average molecular weight is 341 g/mol. The van der Waals surface area contributed by atoms with Crippen molar-refractivity contribution in [2.45, 2.75) is 23.3 Å². The third kappa shape index (κ3) is 3.25. The summed E-state index contributed by atoms with van der Waals surface area (Å²) in [6, 6.07) is 5.26. The van der Waals surface area contributed by atoms with Crippen LogP contribution in [0.25, 0.3) is 0 Å². The molecule has 2 saturated heterocycles. The Bertz CT molecular complexity index is 673. The van der Waals surface area contributed by atoms with Crippen molar-refractivity contribution in [3.8, 4) is 0 Å². The molecule has 0 amide bonds. The summed E-state index contributed by atoms with van der Waals surface area (Å²) in [5.74, 6) is -1.08. The van der Waals surface area contributed by atoms with Crippen LogP contribution in [-0.4, -0.2) is 62.3 Å². The van der Waals surface area contributed by atoms with Gasteiger partial charge in [0, 0.05) is 19.7 Å². The molecule has 3 rings (SSSR count). The SMILES string of the molecule is O=C(O)c1ccc(S(=O)(=O)N2CCOC3(CCCOC3)C2)cc1. The fourth-order valence-corrected chi connectivity index (χ4v) is 4.50. The quantitative estimate of drug-likeness (QED) is 0.880. The highest BCUT2D eigenvalue weighted by Gasteiger charge is 2.42. The minimum absolute atomic E-state index is 0.0584. The molecule has 0 saturated carbocycles. The van der Waals surface area contributed by atoms with Crippen molar-refractivity contribution in [2.75, 3.05) is 32.9 Å². The molecule has 0 aromatic heterocycles. The number of sulfonamides is 1. The molecule has 0 radical (unpaired) electrons. The minimum atomic E-state index is -3.68. The maximum Gasteiger partial charge on any atom is 0.335 e. The number of rotatable bonds is 3. The summed E-state index contributed by atoms with van der Waals surface area (Å²) < 4.78 is 38.2. The van der Waals surface area contributed by atoms with E-state index in [0.717, 1.165) is 12.8 Å². The van der Waals surface area contributed by atoms with E-state index in [9.17, 15) is 13.2 Å². The molecule has 126 valence electrons. The van der Waals surface area contributed by atoms with E-state index in [4.69, 9.17) is 14.6 Å². The highest BCUT2D eigenvalue weighted by atomic mass is 32.2. The predicted octanol–water partition coefficient (Wildman–Crippen LogP) is 0.955. The van der Waals surface area contributed by atoms with Gasteiger partial charge in [-0.25, -0.2) is 13.2 Å². The average Bonchev–Trinajstić information content (AvgIpc) is 2.55. The van der Waals surface area contributed by atoms with Crippen molar-refractivity contribution in [1.29, 1.82) is 0 Å². The molecular formula is C15H19NO6S. The molecule has 1 spiro atoms. The van der Waals surface area contributed by atoms with Gasteiger partial charge in [-0.15, -0.1) is 0 Å². The van der Waals surface area contributed by atoms with Gasteiger partial charge in [-0.3, -0.25) is 0 Å². The number of hydrogen-bond donors (Lipinski definition) is 1. The third-order valence-corrected chi connectivity index (χ3v) is 6.10. The molecule has 2 aliphatic rings. The normalized spacial score (nSPS) is 26.3. The Labute approximate surface area is 134 Å². The van der Waals surface area contributed by atoms with Gasteiger partial charge in [0.15, 0.2) is 0 Å². The number of aromatic carboxylic acids is 1. The fourth-order valence-electron chi connectivity index (χ4n) is 3.00. The first-order valence-electron chi connectivity index (χ1n) is 7.48. The van der Waals surface area contributed by atoms with Crippen LogP contribution in [0.4, 0.5) is 0 Å². The van der Waals surface area contributed by atoms with E-state index in [1.807, 2.05) is 0 Å². The topological polar surface area (TPSA) is 93.1 Å².